The van der Waals surface area contributed by atoms with Crippen molar-refractivity contribution in [3.8, 4) is 0 Å². The van der Waals surface area contributed by atoms with Crippen LogP contribution in [0.5, 0.6) is 0 Å². The fourth-order valence-electron chi connectivity index (χ4n) is 5.96. The summed E-state index contributed by atoms with van der Waals surface area (Å²) >= 11 is 0. The molecule has 0 bridgehead atoms. The molecule has 0 amide bonds. The van der Waals surface area contributed by atoms with E-state index in [9.17, 15) is 0 Å². The SMILES string of the molecule is C[Si](C1C=Cc2ccccc21)(C1C=Cc2ccccc21)C1C=Cc2ccccc21.[Li+]. The van der Waals surface area contributed by atoms with Gasteiger partial charge in [0.05, 0.1) is 8.07 Å². The van der Waals surface area contributed by atoms with Gasteiger partial charge < -0.3 is 0 Å². The molecule has 3 aliphatic carbocycles. The third kappa shape index (κ3) is 2.73. The van der Waals surface area contributed by atoms with Crippen molar-refractivity contribution in [1.82, 2.24) is 0 Å². The van der Waals surface area contributed by atoms with E-state index in [1.807, 2.05) is 0 Å². The zero-order valence-electron chi connectivity index (χ0n) is 17.6. The van der Waals surface area contributed by atoms with Gasteiger partial charge in [-0.2, -0.15) is 0 Å². The monoisotopic (exact) mass is 395 g/mol. The molecule has 0 saturated carbocycles. The van der Waals surface area contributed by atoms with Gasteiger partial charge in [0.2, 0.25) is 0 Å². The Morgan fingerprint density at radius 2 is 0.800 bits per heavy atom. The maximum absolute atomic E-state index is 2.65. The molecule has 0 fully saturated rings. The van der Waals surface area contributed by atoms with E-state index in [-0.39, 0.29) is 18.9 Å². The molecule has 3 atom stereocenters. The molecule has 3 unspecified atom stereocenters. The summed E-state index contributed by atoms with van der Waals surface area (Å²) < 4.78 is 0. The van der Waals surface area contributed by atoms with Crippen LogP contribution in [0.2, 0.25) is 6.55 Å². The second-order valence-corrected chi connectivity index (χ2v) is 13.4. The Morgan fingerprint density at radius 3 is 1.13 bits per heavy atom. The minimum absolute atomic E-state index is 0. The number of rotatable bonds is 3. The molecule has 2 heteroatoms. The van der Waals surface area contributed by atoms with Crippen LogP contribution in [0.15, 0.2) is 91.0 Å². The predicted molar refractivity (Wildman–Crippen MR) is 126 cm³/mol. The smallest absolute Gasteiger partial charge is 0.0790 e. The standard InChI is InChI=1S/C28H24Si.Li/c1-29(26-17-14-20-8-2-5-11-23(20)26,27-18-15-21-9-3-6-12-24(21)27)28-19-16-22-10-4-7-13-25(22)28;/h2-19,26-28H,1H3;/q;+1. The van der Waals surface area contributed by atoms with E-state index in [0.29, 0.717) is 16.6 Å². The van der Waals surface area contributed by atoms with E-state index in [1.54, 1.807) is 0 Å². The number of hydrogen-bond acceptors (Lipinski definition) is 0. The molecule has 6 rings (SSSR count). The Balaban J connectivity index is 0.00000193. The van der Waals surface area contributed by atoms with Gasteiger partial charge in [0.15, 0.2) is 0 Å². The van der Waals surface area contributed by atoms with Gasteiger partial charge in [0.25, 0.3) is 0 Å². The molecular formula is C28H24LiSi+. The fraction of sp³-hybridized carbons (Fsp3) is 0.143. The van der Waals surface area contributed by atoms with Crippen LogP contribution in [0.4, 0.5) is 0 Å². The molecule has 30 heavy (non-hydrogen) atoms. The van der Waals surface area contributed by atoms with Gasteiger partial charge >= 0.3 is 18.9 Å². The van der Waals surface area contributed by atoms with Crippen molar-refractivity contribution in [2.24, 2.45) is 0 Å². The molecule has 3 aliphatic rings. The molecular weight excluding hydrogens is 371 g/mol. The summed E-state index contributed by atoms with van der Waals surface area (Å²) in [7, 11) is -1.96. The van der Waals surface area contributed by atoms with Gasteiger partial charge in [0, 0.05) is 0 Å². The van der Waals surface area contributed by atoms with Crippen LogP contribution in [0, 0.1) is 0 Å². The predicted octanol–water partition coefficient (Wildman–Crippen LogP) is 4.12. The van der Waals surface area contributed by atoms with Crippen LogP contribution in [0.1, 0.15) is 50.0 Å². The van der Waals surface area contributed by atoms with Crippen molar-refractivity contribution in [2.45, 2.75) is 23.2 Å². The Hall–Kier alpha value is -2.31. The fourth-order valence-corrected chi connectivity index (χ4v) is 11.4. The average Bonchev–Trinajstić information content (AvgIpc) is 3.49. The van der Waals surface area contributed by atoms with Crippen molar-refractivity contribution in [2.75, 3.05) is 0 Å². The average molecular weight is 396 g/mol. The van der Waals surface area contributed by atoms with E-state index >= 15 is 0 Å². The van der Waals surface area contributed by atoms with Gasteiger partial charge in [-0.05, 0) is 50.0 Å². The van der Waals surface area contributed by atoms with Crippen LogP contribution in [-0.2, 0) is 0 Å². The van der Waals surface area contributed by atoms with E-state index in [0.717, 1.165) is 0 Å². The van der Waals surface area contributed by atoms with E-state index in [2.05, 4.69) is 116 Å². The Kier molecular flexibility index (Phi) is 4.87. The van der Waals surface area contributed by atoms with Gasteiger partial charge in [-0.3, -0.25) is 0 Å². The Morgan fingerprint density at radius 1 is 0.500 bits per heavy atom. The minimum atomic E-state index is -1.96. The number of hydrogen-bond donors (Lipinski definition) is 0. The minimum Gasteiger partial charge on any atom is -0.0790 e. The number of fused-ring (bicyclic) bond motifs is 3. The summed E-state index contributed by atoms with van der Waals surface area (Å²) in [5.41, 5.74) is 10.3. The van der Waals surface area contributed by atoms with E-state index in [1.165, 1.54) is 33.4 Å². The summed E-state index contributed by atoms with van der Waals surface area (Å²) in [5, 5.41) is 0. The molecule has 0 N–H and O–H groups in total. The summed E-state index contributed by atoms with van der Waals surface area (Å²) in [6, 6.07) is 27.0. The largest absolute Gasteiger partial charge is 1.00 e. The van der Waals surface area contributed by atoms with E-state index in [4.69, 9.17) is 0 Å². The molecule has 0 spiro atoms. The number of allylic oxidation sites excluding steroid dienone is 3. The van der Waals surface area contributed by atoms with Crippen molar-refractivity contribution in [1.29, 1.82) is 0 Å². The van der Waals surface area contributed by atoms with E-state index < -0.39 is 8.07 Å². The normalized spacial score (nSPS) is 24.1. The van der Waals surface area contributed by atoms with Crippen LogP contribution < -0.4 is 18.9 Å². The molecule has 0 radical (unpaired) electrons. The van der Waals surface area contributed by atoms with Crippen molar-refractivity contribution < 1.29 is 18.9 Å². The third-order valence-electron chi connectivity index (χ3n) is 7.41. The van der Waals surface area contributed by atoms with Crippen LogP contribution in [0.3, 0.4) is 0 Å². The molecule has 0 aromatic heterocycles. The molecule has 3 aromatic carbocycles. The molecule has 0 aliphatic heterocycles. The van der Waals surface area contributed by atoms with Crippen LogP contribution in [0.25, 0.3) is 18.2 Å². The summed E-state index contributed by atoms with van der Waals surface area (Å²) in [4.78, 5) is 0. The second kappa shape index (κ2) is 7.43. The first-order valence-electron chi connectivity index (χ1n) is 10.6. The zero-order valence-corrected chi connectivity index (χ0v) is 18.6. The van der Waals surface area contributed by atoms with Gasteiger partial charge in [-0.25, -0.2) is 0 Å². The first kappa shape index (κ1) is 19.6. The van der Waals surface area contributed by atoms with Gasteiger partial charge in [-0.1, -0.05) is 116 Å². The molecule has 0 saturated heterocycles. The van der Waals surface area contributed by atoms with Crippen molar-refractivity contribution >= 4 is 26.3 Å². The molecule has 3 aromatic rings. The Labute approximate surface area is 192 Å². The van der Waals surface area contributed by atoms with Gasteiger partial charge in [-0.15, -0.1) is 0 Å². The van der Waals surface area contributed by atoms with Crippen LogP contribution >= 0.6 is 0 Å². The summed E-state index contributed by atoms with van der Waals surface area (Å²) in [6.45, 7) is 2.65. The molecule has 0 nitrogen and oxygen atoms in total. The maximum atomic E-state index is 2.65. The summed E-state index contributed by atoms with van der Waals surface area (Å²) in [6.07, 6.45) is 14.6. The van der Waals surface area contributed by atoms with Crippen LogP contribution in [-0.4, -0.2) is 8.07 Å². The molecule has 140 valence electrons. The van der Waals surface area contributed by atoms with Crippen molar-refractivity contribution in [3.05, 3.63) is 124 Å². The topological polar surface area (TPSA) is 0 Å². The number of benzene rings is 3. The quantitative estimate of drug-likeness (QED) is 0.586. The summed E-state index contributed by atoms with van der Waals surface area (Å²) in [5.74, 6) is 0. The Bertz CT molecular complexity index is 1050. The van der Waals surface area contributed by atoms with Gasteiger partial charge in [0.1, 0.15) is 0 Å². The molecule has 0 heterocycles. The first-order valence-corrected chi connectivity index (χ1v) is 13.3. The maximum Gasteiger partial charge on any atom is 1.00 e. The second-order valence-electron chi connectivity index (χ2n) is 8.76. The first-order chi connectivity index (χ1) is 14.3. The zero-order chi connectivity index (χ0) is 19.4. The van der Waals surface area contributed by atoms with Crippen molar-refractivity contribution in [3.63, 3.8) is 0 Å². The third-order valence-corrected chi connectivity index (χ3v) is 12.9.